The molecule has 1 aromatic carbocycles. The van der Waals surface area contributed by atoms with E-state index in [1.165, 1.54) is 5.56 Å². The van der Waals surface area contributed by atoms with Gasteiger partial charge in [0.05, 0.1) is 13.7 Å². The Morgan fingerprint density at radius 3 is 2.55 bits per heavy atom. The number of benzene rings is 1. The first-order valence-corrected chi connectivity index (χ1v) is 7.19. The molecule has 0 amide bonds. The van der Waals surface area contributed by atoms with Crippen molar-refractivity contribution in [3.63, 3.8) is 0 Å². The van der Waals surface area contributed by atoms with Gasteiger partial charge in [-0.25, -0.2) is 0 Å². The summed E-state index contributed by atoms with van der Waals surface area (Å²) in [6, 6.07) is 8.35. The lowest BCUT2D eigenvalue weighted by molar-refractivity contribution is 0.112. The number of hydrogen-bond acceptors (Lipinski definition) is 4. The highest BCUT2D eigenvalue weighted by molar-refractivity contribution is 5.30. The van der Waals surface area contributed by atoms with Gasteiger partial charge in [0, 0.05) is 32.8 Å². The Morgan fingerprint density at radius 1 is 1.25 bits per heavy atom. The predicted molar refractivity (Wildman–Crippen MR) is 83.1 cm³/mol. The van der Waals surface area contributed by atoms with Crippen molar-refractivity contribution in [3.8, 4) is 5.75 Å². The molecule has 2 N–H and O–H groups in total. The summed E-state index contributed by atoms with van der Waals surface area (Å²) >= 11 is 0. The highest BCUT2D eigenvalue weighted by atomic mass is 16.5. The summed E-state index contributed by atoms with van der Waals surface area (Å²) in [5.74, 6) is 1.46. The number of nitrogens with zero attached hydrogens (tertiary/aromatic N) is 1. The van der Waals surface area contributed by atoms with E-state index < -0.39 is 0 Å². The Labute approximate surface area is 122 Å². The molecule has 0 aromatic heterocycles. The van der Waals surface area contributed by atoms with Crippen molar-refractivity contribution in [1.82, 2.24) is 4.90 Å². The van der Waals surface area contributed by atoms with Crippen molar-refractivity contribution in [2.75, 3.05) is 40.5 Å². The minimum absolute atomic E-state index is 0.197. The van der Waals surface area contributed by atoms with Crippen molar-refractivity contribution in [1.29, 1.82) is 0 Å². The van der Waals surface area contributed by atoms with Gasteiger partial charge in [0.1, 0.15) is 5.75 Å². The first-order valence-electron chi connectivity index (χ1n) is 7.19. The molecule has 0 fully saturated rings. The molecule has 0 aliphatic rings. The largest absolute Gasteiger partial charge is 0.497 e. The van der Waals surface area contributed by atoms with Crippen LogP contribution in [0.5, 0.6) is 5.75 Å². The third-order valence-electron chi connectivity index (χ3n) is 3.32. The molecule has 1 unspecified atom stereocenters. The smallest absolute Gasteiger partial charge is 0.119 e. The van der Waals surface area contributed by atoms with Gasteiger partial charge in [-0.15, -0.1) is 0 Å². The molecule has 0 aliphatic carbocycles. The quantitative estimate of drug-likeness (QED) is 0.754. The number of rotatable bonds is 9. The average molecular weight is 280 g/mol. The van der Waals surface area contributed by atoms with Crippen LogP contribution in [-0.2, 0) is 4.74 Å². The van der Waals surface area contributed by atoms with Gasteiger partial charge >= 0.3 is 0 Å². The van der Waals surface area contributed by atoms with E-state index in [9.17, 15) is 0 Å². The van der Waals surface area contributed by atoms with E-state index in [0.29, 0.717) is 19.1 Å². The summed E-state index contributed by atoms with van der Waals surface area (Å²) in [6.07, 6.45) is 0. The summed E-state index contributed by atoms with van der Waals surface area (Å²) in [4.78, 5) is 2.39. The maximum absolute atomic E-state index is 6.02. The van der Waals surface area contributed by atoms with E-state index in [-0.39, 0.29) is 6.04 Å². The Bertz CT molecular complexity index is 382. The van der Waals surface area contributed by atoms with Crippen LogP contribution >= 0.6 is 0 Å². The second-order valence-electron chi connectivity index (χ2n) is 5.41. The molecule has 1 atom stereocenters. The van der Waals surface area contributed by atoms with Crippen molar-refractivity contribution < 1.29 is 9.47 Å². The van der Waals surface area contributed by atoms with E-state index in [0.717, 1.165) is 18.8 Å². The molecule has 0 saturated heterocycles. The fourth-order valence-corrected chi connectivity index (χ4v) is 2.40. The lowest BCUT2D eigenvalue weighted by atomic mass is 10.0. The summed E-state index contributed by atoms with van der Waals surface area (Å²) in [5, 5.41) is 0. The highest BCUT2D eigenvalue weighted by Crippen LogP contribution is 2.24. The van der Waals surface area contributed by atoms with Crippen LogP contribution in [0.3, 0.4) is 0 Å². The number of ether oxygens (including phenoxy) is 2. The van der Waals surface area contributed by atoms with Gasteiger partial charge in [-0.1, -0.05) is 26.0 Å². The van der Waals surface area contributed by atoms with Crippen molar-refractivity contribution in [2.24, 2.45) is 11.7 Å². The maximum atomic E-state index is 6.02. The lowest BCUT2D eigenvalue weighted by Gasteiger charge is -2.32. The Morgan fingerprint density at radius 2 is 2.00 bits per heavy atom. The minimum atomic E-state index is 0.197. The molecule has 1 rings (SSSR count). The molecule has 0 heterocycles. The number of methoxy groups -OCH3 is 2. The molecule has 4 nitrogen and oxygen atoms in total. The molecule has 1 aromatic rings. The minimum Gasteiger partial charge on any atom is -0.497 e. The molecular formula is C16H28N2O2. The fourth-order valence-electron chi connectivity index (χ4n) is 2.40. The molecule has 0 spiro atoms. The second-order valence-corrected chi connectivity index (χ2v) is 5.41. The number of nitrogens with two attached hydrogens (primary N) is 1. The molecule has 0 saturated carbocycles. The summed E-state index contributed by atoms with van der Waals surface area (Å²) in [7, 11) is 3.42. The van der Waals surface area contributed by atoms with Gasteiger partial charge in [0.2, 0.25) is 0 Å². The van der Waals surface area contributed by atoms with Crippen LogP contribution < -0.4 is 10.5 Å². The van der Waals surface area contributed by atoms with E-state index in [4.69, 9.17) is 15.2 Å². The zero-order valence-corrected chi connectivity index (χ0v) is 13.1. The van der Waals surface area contributed by atoms with Crippen LogP contribution in [0, 0.1) is 5.92 Å². The Hall–Kier alpha value is -1.10. The van der Waals surface area contributed by atoms with Gasteiger partial charge in [0.15, 0.2) is 0 Å². The number of hydrogen-bond donors (Lipinski definition) is 1. The maximum Gasteiger partial charge on any atom is 0.119 e. The van der Waals surface area contributed by atoms with Crippen molar-refractivity contribution in [2.45, 2.75) is 19.9 Å². The molecule has 4 heteroatoms. The average Bonchev–Trinajstić information content (AvgIpc) is 2.45. The zero-order chi connectivity index (χ0) is 15.0. The standard InChI is InChI=1S/C16H28N2O2/c1-13(2)12-18(8-9-19-3)16(11-17)14-6-5-7-15(10-14)20-4/h5-7,10,13,16H,8-9,11-12,17H2,1-4H3. The fraction of sp³-hybridized carbons (Fsp3) is 0.625. The Balaban J connectivity index is 2.91. The topological polar surface area (TPSA) is 47.7 Å². The van der Waals surface area contributed by atoms with Crippen molar-refractivity contribution >= 4 is 0 Å². The van der Waals surface area contributed by atoms with Crippen LogP contribution in [0.1, 0.15) is 25.5 Å². The molecule has 114 valence electrons. The molecule has 0 bridgehead atoms. The summed E-state index contributed by atoms with van der Waals surface area (Å²) < 4.78 is 10.5. The van der Waals surface area contributed by atoms with Crippen LogP contribution in [-0.4, -0.2) is 45.4 Å². The summed E-state index contributed by atoms with van der Waals surface area (Å²) in [5.41, 5.74) is 7.22. The van der Waals surface area contributed by atoms with E-state index in [1.807, 2.05) is 12.1 Å². The third-order valence-corrected chi connectivity index (χ3v) is 3.32. The van der Waals surface area contributed by atoms with Crippen LogP contribution in [0.4, 0.5) is 0 Å². The van der Waals surface area contributed by atoms with Crippen molar-refractivity contribution in [3.05, 3.63) is 29.8 Å². The summed E-state index contributed by atoms with van der Waals surface area (Å²) in [6.45, 7) is 7.63. The predicted octanol–water partition coefficient (Wildman–Crippen LogP) is 2.30. The van der Waals surface area contributed by atoms with E-state index in [1.54, 1.807) is 14.2 Å². The second kappa shape index (κ2) is 8.95. The molecular weight excluding hydrogens is 252 g/mol. The monoisotopic (exact) mass is 280 g/mol. The molecule has 20 heavy (non-hydrogen) atoms. The third kappa shape index (κ3) is 5.12. The lowest BCUT2D eigenvalue weighted by Crippen LogP contribution is -2.38. The molecule has 0 radical (unpaired) electrons. The van der Waals surface area contributed by atoms with Gasteiger partial charge in [-0.3, -0.25) is 4.90 Å². The van der Waals surface area contributed by atoms with Crippen LogP contribution in [0.2, 0.25) is 0 Å². The van der Waals surface area contributed by atoms with Crippen LogP contribution in [0.15, 0.2) is 24.3 Å². The first-order chi connectivity index (χ1) is 9.62. The zero-order valence-electron chi connectivity index (χ0n) is 13.1. The van der Waals surface area contributed by atoms with E-state index >= 15 is 0 Å². The van der Waals surface area contributed by atoms with Gasteiger partial charge in [-0.05, 0) is 23.6 Å². The normalized spacial score (nSPS) is 12.9. The molecule has 0 aliphatic heterocycles. The Kier molecular flexibility index (Phi) is 7.59. The highest BCUT2D eigenvalue weighted by Gasteiger charge is 2.20. The van der Waals surface area contributed by atoms with Crippen LogP contribution in [0.25, 0.3) is 0 Å². The van der Waals surface area contributed by atoms with Gasteiger partial charge in [0.25, 0.3) is 0 Å². The first kappa shape index (κ1) is 17.0. The SMILES string of the molecule is COCCN(CC(C)C)C(CN)c1cccc(OC)c1. The van der Waals surface area contributed by atoms with E-state index in [2.05, 4.69) is 30.9 Å². The van der Waals surface area contributed by atoms with Gasteiger partial charge in [-0.2, -0.15) is 0 Å². The van der Waals surface area contributed by atoms with Gasteiger partial charge < -0.3 is 15.2 Å².